The van der Waals surface area contributed by atoms with Gasteiger partial charge in [0.15, 0.2) is 11.0 Å². The van der Waals surface area contributed by atoms with E-state index in [1.54, 1.807) is 25.1 Å². The largest absolute Gasteiger partial charge is 0.496 e. The molecule has 2 heterocycles. The molecule has 2 aromatic heterocycles. The quantitative estimate of drug-likeness (QED) is 0.599. The molecule has 3 aromatic rings. The summed E-state index contributed by atoms with van der Waals surface area (Å²) in [5.41, 5.74) is 2.16. The van der Waals surface area contributed by atoms with Crippen LogP contribution in [0.5, 0.6) is 5.75 Å². The normalized spacial score (nSPS) is 11.0. The molecule has 7 heteroatoms. The zero-order valence-corrected chi connectivity index (χ0v) is 15.4. The lowest BCUT2D eigenvalue weighted by Gasteiger charge is -2.06. The van der Waals surface area contributed by atoms with E-state index in [2.05, 4.69) is 32.2 Å². The van der Waals surface area contributed by atoms with Gasteiger partial charge < -0.3 is 13.7 Å². The summed E-state index contributed by atoms with van der Waals surface area (Å²) in [6, 6.07) is 7.97. The van der Waals surface area contributed by atoms with Crippen LogP contribution >= 0.6 is 27.7 Å². The molecular weight excluding hydrogens is 378 g/mol. The number of furan rings is 1. The van der Waals surface area contributed by atoms with Gasteiger partial charge in [0.25, 0.3) is 0 Å². The fourth-order valence-electron chi connectivity index (χ4n) is 2.24. The van der Waals surface area contributed by atoms with Crippen molar-refractivity contribution in [2.75, 3.05) is 7.11 Å². The Morgan fingerprint density at radius 1 is 1.30 bits per heavy atom. The van der Waals surface area contributed by atoms with E-state index in [1.807, 2.05) is 36.7 Å². The van der Waals surface area contributed by atoms with Crippen LogP contribution in [0.1, 0.15) is 11.3 Å². The van der Waals surface area contributed by atoms with Crippen LogP contribution in [0.3, 0.4) is 0 Å². The van der Waals surface area contributed by atoms with Crippen molar-refractivity contribution < 1.29 is 9.15 Å². The molecular formula is C16H16BrN3O2S. The summed E-state index contributed by atoms with van der Waals surface area (Å²) in [6.07, 6.45) is 1.67. The molecule has 0 amide bonds. The second kappa shape index (κ2) is 6.80. The minimum Gasteiger partial charge on any atom is -0.496 e. The maximum Gasteiger partial charge on any atom is 0.191 e. The van der Waals surface area contributed by atoms with Crippen LogP contribution in [-0.4, -0.2) is 21.9 Å². The molecule has 0 saturated carbocycles. The van der Waals surface area contributed by atoms with E-state index >= 15 is 0 Å². The van der Waals surface area contributed by atoms with Crippen molar-refractivity contribution >= 4 is 27.7 Å². The zero-order chi connectivity index (χ0) is 16.4. The van der Waals surface area contributed by atoms with Gasteiger partial charge in [-0.25, -0.2) is 0 Å². The summed E-state index contributed by atoms with van der Waals surface area (Å²) in [5.74, 6) is 3.29. The maximum absolute atomic E-state index is 5.34. The second-order valence-electron chi connectivity index (χ2n) is 5.01. The van der Waals surface area contributed by atoms with E-state index < -0.39 is 0 Å². The molecule has 1 aromatic carbocycles. The topological polar surface area (TPSA) is 53.1 Å². The van der Waals surface area contributed by atoms with Gasteiger partial charge in [0.1, 0.15) is 11.5 Å². The van der Waals surface area contributed by atoms with Gasteiger partial charge in [-0.15, -0.1) is 10.2 Å². The van der Waals surface area contributed by atoms with E-state index in [9.17, 15) is 0 Å². The predicted molar refractivity (Wildman–Crippen MR) is 93.7 cm³/mol. The van der Waals surface area contributed by atoms with Gasteiger partial charge in [0, 0.05) is 12.8 Å². The van der Waals surface area contributed by atoms with E-state index in [-0.39, 0.29) is 0 Å². The first-order valence-corrected chi connectivity index (χ1v) is 8.77. The number of ether oxygens (including phenoxy) is 1. The summed E-state index contributed by atoms with van der Waals surface area (Å²) >= 11 is 5.15. The maximum atomic E-state index is 5.34. The highest BCUT2D eigenvalue weighted by atomic mass is 79.9. The minimum absolute atomic E-state index is 0.805. The van der Waals surface area contributed by atoms with Crippen molar-refractivity contribution in [1.29, 1.82) is 0 Å². The zero-order valence-electron chi connectivity index (χ0n) is 13.0. The first kappa shape index (κ1) is 16.1. The number of benzene rings is 1. The fraction of sp³-hybridized carbons (Fsp3) is 0.250. The van der Waals surface area contributed by atoms with Crippen LogP contribution in [0.2, 0.25) is 0 Å². The van der Waals surface area contributed by atoms with Gasteiger partial charge >= 0.3 is 0 Å². The molecule has 0 N–H and O–H groups in total. The summed E-state index contributed by atoms with van der Waals surface area (Å²) < 4.78 is 13.5. The van der Waals surface area contributed by atoms with Gasteiger partial charge in [-0.1, -0.05) is 17.8 Å². The Hall–Kier alpha value is -1.73. The van der Waals surface area contributed by atoms with Crippen molar-refractivity contribution in [1.82, 2.24) is 14.8 Å². The molecule has 0 saturated heterocycles. The van der Waals surface area contributed by atoms with Crippen LogP contribution in [0, 0.1) is 6.92 Å². The Morgan fingerprint density at radius 3 is 2.78 bits per heavy atom. The number of rotatable bonds is 5. The molecule has 0 spiro atoms. The van der Waals surface area contributed by atoms with Gasteiger partial charge in [0.2, 0.25) is 0 Å². The van der Waals surface area contributed by atoms with Crippen molar-refractivity contribution in [3.8, 4) is 17.1 Å². The van der Waals surface area contributed by atoms with Gasteiger partial charge in [-0.05, 0) is 46.6 Å². The van der Waals surface area contributed by atoms with E-state index in [1.165, 1.54) is 5.56 Å². The van der Waals surface area contributed by atoms with Crippen LogP contribution in [-0.2, 0) is 12.8 Å². The molecule has 0 aliphatic heterocycles. The molecule has 0 bridgehead atoms. The van der Waals surface area contributed by atoms with Crippen LogP contribution in [0.15, 0.2) is 44.6 Å². The Morgan fingerprint density at radius 2 is 2.13 bits per heavy atom. The fourth-order valence-corrected chi connectivity index (χ4v) is 3.68. The van der Waals surface area contributed by atoms with E-state index in [0.717, 1.165) is 38.3 Å². The third-order valence-electron chi connectivity index (χ3n) is 3.52. The molecule has 5 nitrogen and oxygen atoms in total. The third kappa shape index (κ3) is 3.30. The Kier molecular flexibility index (Phi) is 4.77. The number of hydrogen-bond donors (Lipinski definition) is 0. The second-order valence-corrected chi connectivity index (χ2v) is 6.81. The lowest BCUT2D eigenvalue weighted by atomic mass is 10.2. The lowest BCUT2D eigenvalue weighted by Crippen LogP contribution is -1.95. The number of hydrogen-bond acceptors (Lipinski definition) is 5. The SMILES string of the molecule is COc1ccc(CSc2nnc(-c3ccoc3C)n2C)cc1Br. The van der Waals surface area contributed by atoms with Crippen LogP contribution in [0.4, 0.5) is 0 Å². The number of methoxy groups -OCH3 is 1. The summed E-state index contributed by atoms with van der Waals surface area (Å²) in [4.78, 5) is 0. The average molecular weight is 394 g/mol. The van der Waals surface area contributed by atoms with Gasteiger partial charge in [-0.2, -0.15) is 0 Å². The van der Waals surface area contributed by atoms with E-state index in [4.69, 9.17) is 9.15 Å². The van der Waals surface area contributed by atoms with Crippen LogP contribution < -0.4 is 4.74 Å². The van der Waals surface area contributed by atoms with Crippen molar-refractivity contribution in [2.45, 2.75) is 17.8 Å². The summed E-state index contributed by atoms with van der Waals surface area (Å²) in [5, 5.41) is 9.43. The molecule has 0 unspecified atom stereocenters. The van der Waals surface area contributed by atoms with Crippen LogP contribution in [0.25, 0.3) is 11.4 Å². The number of thioether (sulfide) groups is 1. The van der Waals surface area contributed by atoms with Gasteiger partial charge in [-0.3, -0.25) is 0 Å². The Bertz CT molecular complexity index is 829. The first-order chi connectivity index (χ1) is 11.1. The molecule has 3 rings (SSSR count). The first-order valence-electron chi connectivity index (χ1n) is 6.99. The average Bonchev–Trinajstić information content (AvgIpc) is 3.11. The Labute approximate surface area is 147 Å². The molecule has 0 fully saturated rings. The number of halogens is 1. The predicted octanol–water partition coefficient (Wildman–Crippen LogP) is 4.45. The molecule has 120 valence electrons. The molecule has 0 aliphatic carbocycles. The summed E-state index contributed by atoms with van der Waals surface area (Å²) in [7, 11) is 3.63. The third-order valence-corrected chi connectivity index (χ3v) is 5.23. The van der Waals surface area contributed by atoms with Crippen molar-refractivity contribution in [3.63, 3.8) is 0 Å². The lowest BCUT2D eigenvalue weighted by molar-refractivity contribution is 0.412. The smallest absolute Gasteiger partial charge is 0.191 e. The Balaban J connectivity index is 1.76. The number of aryl methyl sites for hydroxylation is 1. The highest BCUT2D eigenvalue weighted by Gasteiger charge is 2.15. The van der Waals surface area contributed by atoms with Crippen molar-refractivity contribution in [2.24, 2.45) is 7.05 Å². The summed E-state index contributed by atoms with van der Waals surface area (Å²) in [6.45, 7) is 1.92. The minimum atomic E-state index is 0.805. The number of nitrogens with zero attached hydrogens (tertiary/aromatic N) is 3. The van der Waals surface area contributed by atoms with Gasteiger partial charge in [0.05, 0.1) is 23.4 Å². The molecule has 0 atom stereocenters. The molecule has 0 radical (unpaired) electrons. The number of aromatic nitrogens is 3. The standard InChI is InChI=1S/C16H16BrN3O2S/c1-10-12(6-7-22-10)15-18-19-16(20(15)2)23-9-11-4-5-14(21-3)13(17)8-11/h4-8H,9H2,1-3H3. The highest BCUT2D eigenvalue weighted by molar-refractivity contribution is 9.10. The monoisotopic (exact) mass is 393 g/mol. The van der Waals surface area contributed by atoms with Crippen molar-refractivity contribution in [3.05, 3.63) is 46.3 Å². The molecule has 23 heavy (non-hydrogen) atoms. The highest BCUT2D eigenvalue weighted by Crippen LogP contribution is 2.30. The van der Waals surface area contributed by atoms with E-state index in [0.29, 0.717) is 0 Å². The molecule has 0 aliphatic rings.